The lowest BCUT2D eigenvalue weighted by atomic mass is 10.0. The Kier molecular flexibility index (Phi) is 4.52. The molecule has 1 saturated carbocycles. The fraction of sp³-hybridized carbons (Fsp3) is 0.667. The van der Waals surface area contributed by atoms with Crippen LogP contribution in [0.25, 0.3) is 0 Å². The lowest BCUT2D eigenvalue weighted by Gasteiger charge is -2.29. The number of fused-ring (bicyclic) bond motifs is 1. The minimum absolute atomic E-state index is 0.0682. The number of hydrogen-bond donors (Lipinski definition) is 0. The van der Waals surface area contributed by atoms with Gasteiger partial charge in [-0.25, -0.2) is 9.97 Å². The van der Waals surface area contributed by atoms with E-state index in [0.29, 0.717) is 44.5 Å². The van der Waals surface area contributed by atoms with Crippen molar-refractivity contribution in [3.8, 4) is 0 Å². The Morgan fingerprint density at radius 3 is 2.76 bits per heavy atom. The van der Waals surface area contributed by atoms with Crippen LogP contribution in [0.2, 0.25) is 0 Å². The number of carbonyl (C=O) groups excluding carboxylic acids is 3. The maximum Gasteiger partial charge on any atom is 0.228 e. The van der Waals surface area contributed by atoms with Crippen LogP contribution in [0.1, 0.15) is 62.2 Å². The first-order valence-electron chi connectivity index (χ1n) is 10.7. The maximum absolute atomic E-state index is 13.2. The maximum atomic E-state index is 13.2. The summed E-state index contributed by atoms with van der Waals surface area (Å²) < 4.78 is 0. The summed E-state index contributed by atoms with van der Waals surface area (Å²) in [7, 11) is 0. The molecule has 1 aromatic heterocycles. The number of nitrogens with zero attached hydrogens (tertiary/aromatic N) is 5. The van der Waals surface area contributed by atoms with E-state index in [9.17, 15) is 14.4 Å². The summed E-state index contributed by atoms with van der Waals surface area (Å²) in [6.07, 6.45) is 6.82. The Morgan fingerprint density at radius 2 is 2.00 bits per heavy atom. The highest BCUT2D eigenvalue weighted by Crippen LogP contribution is 2.36. The fourth-order valence-corrected chi connectivity index (χ4v) is 4.93. The summed E-state index contributed by atoms with van der Waals surface area (Å²) in [4.78, 5) is 52.1. The summed E-state index contributed by atoms with van der Waals surface area (Å²) >= 11 is 0. The van der Waals surface area contributed by atoms with Crippen LogP contribution < -0.4 is 0 Å². The molecule has 8 nitrogen and oxygen atoms in total. The third-order valence-corrected chi connectivity index (χ3v) is 6.73. The molecule has 0 spiro atoms. The molecule has 0 unspecified atom stereocenters. The first-order chi connectivity index (χ1) is 14.0. The number of amides is 3. The molecule has 1 aromatic rings. The van der Waals surface area contributed by atoms with Gasteiger partial charge in [0.25, 0.3) is 0 Å². The first kappa shape index (κ1) is 18.5. The second kappa shape index (κ2) is 7.07. The molecule has 5 rings (SSSR count). The van der Waals surface area contributed by atoms with Crippen LogP contribution in [0.5, 0.6) is 0 Å². The van der Waals surface area contributed by atoms with Crippen molar-refractivity contribution in [2.75, 3.05) is 19.6 Å². The predicted octanol–water partition coefficient (Wildman–Crippen LogP) is 1.06. The molecule has 8 heteroatoms. The summed E-state index contributed by atoms with van der Waals surface area (Å²) in [6, 6.07) is 0.261. The zero-order chi connectivity index (χ0) is 20.1. The standard InChI is InChI=1S/C21H27N5O3/c1-13(27)24-8-6-17-15(11-24)10-22-20(23-17)18-3-2-7-25(18)21(29)14-9-19(28)26(12-14)16-4-5-16/h10,14,16,18H,2-9,11-12H2,1H3/t14-,18-/m1/s1. The quantitative estimate of drug-likeness (QED) is 0.761. The molecule has 29 heavy (non-hydrogen) atoms. The molecule has 0 radical (unpaired) electrons. The molecule has 4 aliphatic rings. The van der Waals surface area contributed by atoms with E-state index in [1.807, 2.05) is 16.0 Å². The van der Waals surface area contributed by atoms with E-state index >= 15 is 0 Å². The van der Waals surface area contributed by atoms with Crippen molar-refractivity contribution >= 4 is 17.7 Å². The molecule has 0 N–H and O–H groups in total. The van der Waals surface area contributed by atoms with Crippen LogP contribution >= 0.6 is 0 Å². The van der Waals surface area contributed by atoms with Crippen molar-refractivity contribution in [2.45, 2.75) is 64.1 Å². The van der Waals surface area contributed by atoms with Gasteiger partial charge in [0, 0.05) is 63.7 Å². The second-order valence-corrected chi connectivity index (χ2v) is 8.76. The van der Waals surface area contributed by atoms with Crippen molar-refractivity contribution in [1.29, 1.82) is 0 Å². The van der Waals surface area contributed by atoms with Gasteiger partial charge in [-0.2, -0.15) is 0 Å². The van der Waals surface area contributed by atoms with Crippen LogP contribution in [0.4, 0.5) is 0 Å². The normalized spacial score (nSPS) is 26.8. The van der Waals surface area contributed by atoms with Gasteiger partial charge >= 0.3 is 0 Å². The molecular weight excluding hydrogens is 370 g/mol. The van der Waals surface area contributed by atoms with Crippen molar-refractivity contribution in [3.05, 3.63) is 23.3 Å². The van der Waals surface area contributed by atoms with Crippen LogP contribution in [-0.4, -0.2) is 68.1 Å². The van der Waals surface area contributed by atoms with Crippen molar-refractivity contribution in [3.63, 3.8) is 0 Å². The highest BCUT2D eigenvalue weighted by molar-refractivity contribution is 5.90. The molecule has 154 valence electrons. The van der Waals surface area contributed by atoms with E-state index in [-0.39, 0.29) is 29.7 Å². The molecule has 2 saturated heterocycles. The van der Waals surface area contributed by atoms with E-state index in [0.717, 1.165) is 43.4 Å². The summed E-state index contributed by atoms with van der Waals surface area (Å²) in [5.74, 6) is 0.744. The van der Waals surface area contributed by atoms with Gasteiger partial charge in [-0.3, -0.25) is 14.4 Å². The third kappa shape index (κ3) is 3.38. The first-order valence-corrected chi connectivity index (χ1v) is 10.7. The topological polar surface area (TPSA) is 86.7 Å². The SMILES string of the molecule is CC(=O)N1CCc2nc([C@H]3CCCN3C(=O)[C@@H]3CC(=O)N(C4CC4)C3)ncc2C1. The Balaban J connectivity index is 1.31. The van der Waals surface area contributed by atoms with Crippen molar-refractivity contribution in [1.82, 2.24) is 24.7 Å². The average molecular weight is 397 g/mol. The lowest BCUT2D eigenvalue weighted by molar-refractivity contribution is -0.137. The number of rotatable bonds is 3. The summed E-state index contributed by atoms with van der Waals surface area (Å²) in [6.45, 7) is 4.08. The van der Waals surface area contributed by atoms with Gasteiger partial charge < -0.3 is 14.7 Å². The van der Waals surface area contributed by atoms with Gasteiger partial charge in [0.05, 0.1) is 17.7 Å². The molecule has 1 aliphatic carbocycles. The van der Waals surface area contributed by atoms with Gasteiger partial charge in [0.2, 0.25) is 17.7 Å². The monoisotopic (exact) mass is 397 g/mol. The predicted molar refractivity (Wildman–Crippen MR) is 103 cm³/mol. The Labute approximate surface area is 170 Å². The molecular formula is C21H27N5O3. The van der Waals surface area contributed by atoms with Crippen molar-refractivity contribution < 1.29 is 14.4 Å². The molecule has 3 aliphatic heterocycles. The minimum Gasteiger partial charge on any atom is -0.339 e. The molecule has 4 heterocycles. The van der Waals surface area contributed by atoms with Crippen LogP contribution in [-0.2, 0) is 27.3 Å². The second-order valence-electron chi connectivity index (χ2n) is 8.76. The average Bonchev–Trinajstić information content (AvgIpc) is 3.30. The van der Waals surface area contributed by atoms with Gasteiger partial charge in [-0.05, 0) is 25.7 Å². The zero-order valence-electron chi connectivity index (χ0n) is 16.8. The number of hydrogen-bond acceptors (Lipinski definition) is 5. The number of aromatic nitrogens is 2. The number of likely N-dealkylation sites (tertiary alicyclic amines) is 2. The van der Waals surface area contributed by atoms with E-state index in [4.69, 9.17) is 4.98 Å². The van der Waals surface area contributed by atoms with Gasteiger partial charge in [0.1, 0.15) is 0 Å². The van der Waals surface area contributed by atoms with Gasteiger partial charge in [0.15, 0.2) is 5.82 Å². The summed E-state index contributed by atoms with van der Waals surface area (Å²) in [5.41, 5.74) is 1.98. The molecule has 0 bridgehead atoms. The molecule has 2 atom stereocenters. The number of carbonyl (C=O) groups is 3. The zero-order valence-corrected chi connectivity index (χ0v) is 16.8. The van der Waals surface area contributed by atoms with Gasteiger partial charge in [-0.1, -0.05) is 0 Å². The highest BCUT2D eigenvalue weighted by Gasteiger charge is 2.45. The third-order valence-electron chi connectivity index (χ3n) is 6.73. The minimum atomic E-state index is -0.231. The Hall–Kier alpha value is -2.51. The Morgan fingerprint density at radius 1 is 1.17 bits per heavy atom. The van der Waals surface area contributed by atoms with Crippen LogP contribution in [0, 0.1) is 5.92 Å². The van der Waals surface area contributed by atoms with Crippen LogP contribution in [0.3, 0.4) is 0 Å². The van der Waals surface area contributed by atoms with E-state index in [2.05, 4.69) is 4.98 Å². The summed E-state index contributed by atoms with van der Waals surface area (Å²) in [5, 5.41) is 0. The Bertz CT molecular complexity index is 868. The molecule has 0 aromatic carbocycles. The van der Waals surface area contributed by atoms with Gasteiger partial charge in [-0.15, -0.1) is 0 Å². The smallest absolute Gasteiger partial charge is 0.228 e. The fourth-order valence-electron chi connectivity index (χ4n) is 4.93. The van der Waals surface area contributed by atoms with Crippen molar-refractivity contribution in [2.24, 2.45) is 5.92 Å². The molecule has 3 amide bonds. The van der Waals surface area contributed by atoms with Crippen LogP contribution in [0.15, 0.2) is 6.20 Å². The molecule has 3 fully saturated rings. The van der Waals surface area contributed by atoms with E-state index in [1.165, 1.54) is 0 Å². The van der Waals surface area contributed by atoms with E-state index < -0.39 is 0 Å². The lowest BCUT2D eigenvalue weighted by Crippen LogP contribution is -2.38. The largest absolute Gasteiger partial charge is 0.339 e. The van der Waals surface area contributed by atoms with E-state index in [1.54, 1.807) is 11.8 Å². The highest BCUT2D eigenvalue weighted by atomic mass is 16.2.